The lowest BCUT2D eigenvalue weighted by atomic mass is 10.1. The van der Waals surface area contributed by atoms with Crippen molar-refractivity contribution in [3.05, 3.63) is 59.4 Å². The standard InChI is InChI=1S/C21H29N3O2/c1-17-5-3-7-19(22-17)15-24-11-10-23(16-20(24)9-12-25)14-18-6-4-8-21(13-18)26-2/h3-8,13,20,25H,9-12,14-16H2,1-2H3. The van der Waals surface area contributed by atoms with Crippen LogP contribution >= 0.6 is 0 Å². The molecule has 1 N–H and O–H groups in total. The first-order valence-electron chi connectivity index (χ1n) is 9.30. The average molecular weight is 355 g/mol. The first-order valence-corrected chi connectivity index (χ1v) is 9.30. The van der Waals surface area contributed by atoms with Crippen molar-refractivity contribution in [2.45, 2.75) is 32.5 Å². The van der Waals surface area contributed by atoms with Crippen molar-refractivity contribution in [2.75, 3.05) is 33.4 Å². The van der Waals surface area contributed by atoms with Crippen molar-refractivity contribution in [1.82, 2.24) is 14.8 Å². The summed E-state index contributed by atoms with van der Waals surface area (Å²) >= 11 is 0. The van der Waals surface area contributed by atoms with Crippen LogP contribution in [-0.2, 0) is 13.1 Å². The highest BCUT2D eigenvalue weighted by molar-refractivity contribution is 5.28. The van der Waals surface area contributed by atoms with Gasteiger partial charge in [0.05, 0.1) is 12.8 Å². The zero-order valence-corrected chi connectivity index (χ0v) is 15.8. The summed E-state index contributed by atoms with van der Waals surface area (Å²) in [6, 6.07) is 14.8. The van der Waals surface area contributed by atoms with Crippen LogP contribution in [0, 0.1) is 6.92 Å². The molecule has 5 nitrogen and oxygen atoms in total. The molecule has 1 fully saturated rings. The molecule has 0 radical (unpaired) electrons. The number of hydrogen-bond acceptors (Lipinski definition) is 5. The second-order valence-electron chi connectivity index (χ2n) is 6.99. The Morgan fingerprint density at radius 2 is 2.00 bits per heavy atom. The van der Waals surface area contributed by atoms with Crippen LogP contribution in [-0.4, -0.2) is 59.3 Å². The van der Waals surface area contributed by atoms with Crippen molar-refractivity contribution in [2.24, 2.45) is 0 Å². The lowest BCUT2D eigenvalue weighted by Gasteiger charge is -2.41. The second-order valence-corrected chi connectivity index (χ2v) is 6.99. The molecular weight excluding hydrogens is 326 g/mol. The molecule has 26 heavy (non-hydrogen) atoms. The molecule has 5 heteroatoms. The molecule has 1 aromatic carbocycles. The number of aromatic nitrogens is 1. The van der Waals surface area contributed by atoms with E-state index in [-0.39, 0.29) is 6.61 Å². The summed E-state index contributed by atoms with van der Waals surface area (Å²) < 4.78 is 5.33. The van der Waals surface area contributed by atoms with Gasteiger partial charge in [-0.15, -0.1) is 0 Å². The van der Waals surface area contributed by atoms with Gasteiger partial charge in [0, 0.05) is 51.1 Å². The normalized spacial score (nSPS) is 18.8. The molecule has 1 aliphatic rings. The van der Waals surface area contributed by atoms with Crippen molar-refractivity contribution < 1.29 is 9.84 Å². The second kappa shape index (κ2) is 9.12. The number of aliphatic hydroxyl groups is 1. The van der Waals surface area contributed by atoms with Crippen LogP contribution in [0.2, 0.25) is 0 Å². The smallest absolute Gasteiger partial charge is 0.119 e. The van der Waals surface area contributed by atoms with Crippen LogP contribution in [0.5, 0.6) is 5.75 Å². The fourth-order valence-corrected chi connectivity index (χ4v) is 3.66. The predicted octanol–water partition coefficient (Wildman–Crippen LogP) is 2.47. The minimum absolute atomic E-state index is 0.218. The Bertz CT molecular complexity index is 707. The molecule has 0 aliphatic carbocycles. The summed E-state index contributed by atoms with van der Waals surface area (Å²) in [5.74, 6) is 0.901. The van der Waals surface area contributed by atoms with Gasteiger partial charge in [0.2, 0.25) is 0 Å². The Labute approximate surface area is 156 Å². The highest BCUT2D eigenvalue weighted by atomic mass is 16.5. The molecule has 1 atom stereocenters. The van der Waals surface area contributed by atoms with Crippen LogP contribution < -0.4 is 4.74 Å². The molecule has 140 valence electrons. The summed E-state index contributed by atoms with van der Waals surface area (Å²) in [5, 5.41) is 9.51. The van der Waals surface area contributed by atoms with E-state index in [0.29, 0.717) is 6.04 Å². The summed E-state index contributed by atoms with van der Waals surface area (Å²) in [6.45, 7) is 6.98. The lowest BCUT2D eigenvalue weighted by molar-refractivity contribution is 0.0491. The quantitative estimate of drug-likeness (QED) is 0.827. The Hall–Kier alpha value is -1.95. The molecule has 2 aromatic rings. The topological polar surface area (TPSA) is 48.8 Å². The first-order chi connectivity index (χ1) is 12.7. The van der Waals surface area contributed by atoms with Crippen LogP contribution in [0.15, 0.2) is 42.5 Å². The van der Waals surface area contributed by atoms with Gasteiger partial charge in [0.25, 0.3) is 0 Å². The fourth-order valence-electron chi connectivity index (χ4n) is 3.66. The van der Waals surface area contributed by atoms with E-state index in [4.69, 9.17) is 4.74 Å². The van der Waals surface area contributed by atoms with Gasteiger partial charge in [-0.05, 0) is 43.2 Å². The number of aryl methyl sites for hydroxylation is 1. The maximum absolute atomic E-state index is 9.51. The van der Waals surface area contributed by atoms with Crippen molar-refractivity contribution >= 4 is 0 Å². The van der Waals surface area contributed by atoms with Crippen molar-refractivity contribution in [3.63, 3.8) is 0 Å². The number of nitrogens with zero attached hydrogens (tertiary/aromatic N) is 3. The van der Waals surface area contributed by atoms with Gasteiger partial charge in [-0.25, -0.2) is 0 Å². The third-order valence-electron chi connectivity index (χ3n) is 5.00. The molecule has 0 amide bonds. The fraction of sp³-hybridized carbons (Fsp3) is 0.476. The van der Waals surface area contributed by atoms with Gasteiger partial charge in [0.1, 0.15) is 5.75 Å². The van der Waals surface area contributed by atoms with E-state index in [9.17, 15) is 5.11 Å². The summed E-state index contributed by atoms with van der Waals surface area (Å²) in [7, 11) is 1.70. The molecule has 0 saturated carbocycles. The van der Waals surface area contributed by atoms with Crippen LogP contribution in [0.3, 0.4) is 0 Å². The highest BCUT2D eigenvalue weighted by Gasteiger charge is 2.27. The van der Waals surface area contributed by atoms with Crippen LogP contribution in [0.4, 0.5) is 0 Å². The van der Waals surface area contributed by atoms with Gasteiger partial charge in [-0.3, -0.25) is 14.8 Å². The molecule has 1 aliphatic heterocycles. The number of aliphatic hydroxyl groups excluding tert-OH is 1. The summed E-state index contributed by atoms with van der Waals surface area (Å²) in [5.41, 5.74) is 3.42. The third-order valence-corrected chi connectivity index (χ3v) is 5.00. The Morgan fingerprint density at radius 1 is 1.15 bits per heavy atom. The highest BCUT2D eigenvalue weighted by Crippen LogP contribution is 2.20. The summed E-state index contributed by atoms with van der Waals surface area (Å²) in [6.07, 6.45) is 0.792. The van der Waals surface area contributed by atoms with E-state index in [0.717, 1.165) is 56.3 Å². The monoisotopic (exact) mass is 355 g/mol. The molecule has 1 saturated heterocycles. The summed E-state index contributed by atoms with van der Waals surface area (Å²) in [4.78, 5) is 9.56. The van der Waals surface area contributed by atoms with Crippen LogP contribution in [0.1, 0.15) is 23.4 Å². The van der Waals surface area contributed by atoms with Gasteiger partial charge in [0.15, 0.2) is 0 Å². The zero-order valence-electron chi connectivity index (χ0n) is 15.8. The molecular formula is C21H29N3O2. The Kier molecular flexibility index (Phi) is 6.61. The zero-order chi connectivity index (χ0) is 18.4. The number of rotatable bonds is 7. The van der Waals surface area contributed by atoms with Crippen molar-refractivity contribution in [3.8, 4) is 5.75 Å². The number of methoxy groups -OCH3 is 1. The molecule has 2 heterocycles. The Morgan fingerprint density at radius 3 is 2.77 bits per heavy atom. The lowest BCUT2D eigenvalue weighted by Crippen LogP contribution is -2.52. The van der Waals surface area contributed by atoms with Gasteiger partial charge < -0.3 is 9.84 Å². The minimum Gasteiger partial charge on any atom is -0.497 e. The number of pyridine rings is 1. The van der Waals surface area contributed by atoms with E-state index in [2.05, 4.69) is 39.0 Å². The molecule has 0 bridgehead atoms. The van der Waals surface area contributed by atoms with Crippen LogP contribution in [0.25, 0.3) is 0 Å². The van der Waals surface area contributed by atoms with Crippen molar-refractivity contribution in [1.29, 1.82) is 0 Å². The molecule has 3 rings (SSSR count). The molecule has 1 unspecified atom stereocenters. The third kappa shape index (κ3) is 5.04. The largest absolute Gasteiger partial charge is 0.497 e. The number of ether oxygens (including phenoxy) is 1. The maximum atomic E-state index is 9.51. The van der Waals surface area contributed by atoms with Gasteiger partial charge in [-0.1, -0.05) is 18.2 Å². The molecule has 0 spiro atoms. The average Bonchev–Trinajstić information content (AvgIpc) is 2.64. The van der Waals surface area contributed by atoms with E-state index in [1.54, 1.807) is 7.11 Å². The van der Waals surface area contributed by atoms with Gasteiger partial charge >= 0.3 is 0 Å². The van der Waals surface area contributed by atoms with E-state index < -0.39 is 0 Å². The van der Waals surface area contributed by atoms with E-state index in [1.807, 2.05) is 25.1 Å². The predicted molar refractivity (Wildman–Crippen MR) is 103 cm³/mol. The maximum Gasteiger partial charge on any atom is 0.119 e. The number of benzene rings is 1. The number of hydrogen-bond donors (Lipinski definition) is 1. The van der Waals surface area contributed by atoms with Gasteiger partial charge in [-0.2, -0.15) is 0 Å². The van der Waals surface area contributed by atoms with E-state index >= 15 is 0 Å². The number of piperazine rings is 1. The van der Waals surface area contributed by atoms with E-state index in [1.165, 1.54) is 5.56 Å². The Balaban J connectivity index is 1.63. The SMILES string of the molecule is COc1cccc(CN2CCN(Cc3cccc(C)n3)C(CCO)C2)c1. The first kappa shape index (κ1) is 18.8. The molecule has 1 aromatic heterocycles. The minimum atomic E-state index is 0.218.